The maximum absolute atomic E-state index is 12.8. The van der Waals surface area contributed by atoms with Crippen LogP contribution in [-0.2, 0) is 22.6 Å². The number of benzene rings is 1. The quantitative estimate of drug-likeness (QED) is 0.582. The van der Waals surface area contributed by atoms with Gasteiger partial charge in [-0.05, 0) is 48.6 Å². The smallest absolute Gasteiger partial charge is 0.244 e. The molecule has 8 heteroatoms. The number of carbonyl (C=O) groups excluding carboxylic acids is 2. The number of amides is 1. The van der Waals surface area contributed by atoms with Crippen LogP contribution in [0.1, 0.15) is 12.1 Å². The molecule has 1 aromatic carbocycles. The van der Waals surface area contributed by atoms with Gasteiger partial charge < -0.3 is 29.3 Å². The van der Waals surface area contributed by atoms with Gasteiger partial charge in [-0.1, -0.05) is 6.07 Å². The molecule has 0 radical (unpaired) electrons. The molecule has 2 aromatic heterocycles. The molecule has 0 atom stereocenters. The Morgan fingerprint density at radius 3 is 2.62 bits per heavy atom. The Labute approximate surface area is 172 Å². The highest BCUT2D eigenvalue weighted by Gasteiger charge is 2.16. The number of hydrogen-bond acceptors (Lipinski definition) is 6. The average Bonchev–Trinajstić information content (AvgIpc) is 3.36. The van der Waals surface area contributed by atoms with Crippen LogP contribution in [0.5, 0.6) is 11.5 Å². The monoisotopic (exact) mass is 413 g/mol. The zero-order valence-electron chi connectivity index (χ0n) is 16.1. The summed E-state index contributed by atoms with van der Waals surface area (Å²) in [5.74, 6) is -0.278. The number of thiophene rings is 1. The van der Waals surface area contributed by atoms with E-state index in [4.69, 9.17) is 9.47 Å². The zero-order valence-corrected chi connectivity index (χ0v) is 17.0. The molecule has 0 saturated heterocycles. The van der Waals surface area contributed by atoms with E-state index >= 15 is 0 Å². The number of methoxy groups -OCH3 is 2. The standard InChI is InChI=1S/C21H22N2O5S/c1-27-15-7-9-18(28-2)16(12-15)22-20(24)13-23-14(6-10-21(25)26)5-8-17(23)19-4-3-11-29-19/h3-5,7-9,11-12H,6,10,13H2,1-2H3,(H,22,24)(H,25,26)/p-1. The first-order chi connectivity index (χ1) is 14.0. The van der Waals surface area contributed by atoms with Gasteiger partial charge in [0.25, 0.3) is 0 Å². The van der Waals surface area contributed by atoms with E-state index in [2.05, 4.69) is 5.32 Å². The Bertz CT molecular complexity index is 995. The first kappa shape index (κ1) is 20.5. The lowest BCUT2D eigenvalue weighted by Crippen LogP contribution is -2.24. The lowest BCUT2D eigenvalue weighted by atomic mass is 10.2. The van der Waals surface area contributed by atoms with Gasteiger partial charge in [0.15, 0.2) is 0 Å². The molecule has 29 heavy (non-hydrogen) atoms. The van der Waals surface area contributed by atoms with Crippen molar-refractivity contribution in [2.75, 3.05) is 19.5 Å². The van der Waals surface area contributed by atoms with E-state index < -0.39 is 5.97 Å². The van der Waals surface area contributed by atoms with Crippen LogP contribution >= 0.6 is 11.3 Å². The van der Waals surface area contributed by atoms with Crippen LogP contribution in [0.3, 0.4) is 0 Å². The Kier molecular flexibility index (Phi) is 6.56. The summed E-state index contributed by atoms with van der Waals surface area (Å²) in [6.45, 7) is 0.0307. The summed E-state index contributed by atoms with van der Waals surface area (Å²) in [6.07, 6.45) is 0.169. The van der Waals surface area contributed by atoms with Gasteiger partial charge >= 0.3 is 0 Å². The van der Waals surface area contributed by atoms with Crippen molar-refractivity contribution in [3.05, 3.63) is 53.5 Å². The minimum Gasteiger partial charge on any atom is -0.550 e. The predicted octanol–water partition coefficient (Wildman–Crippen LogP) is 2.56. The number of aromatic nitrogens is 1. The molecule has 1 N–H and O–H groups in total. The van der Waals surface area contributed by atoms with Crippen molar-refractivity contribution < 1.29 is 24.2 Å². The van der Waals surface area contributed by atoms with Gasteiger partial charge in [0.1, 0.15) is 18.0 Å². The molecule has 7 nitrogen and oxygen atoms in total. The molecule has 0 saturated carbocycles. The third-order valence-corrected chi connectivity index (χ3v) is 5.30. The molecular formula is C21H21N2O5S-. The maximum atomic E-state index is 12.8. The Hall–Kier alpha value is -3.26. The molecule has 0 aliphatic rings. The van der Waals surface area contributed by atoms with Crippen molar-refractivity contribution >= 4 is 28.9 Å². The van der Waals surface area contributed by atoms with E-state index in [9.17, 15) is 14.7 Å². The number of ether oxygens (including phenoxy) is 2. The Morgan fingerprint density at radius 1 is 1.14 bits per heavy atom. The number of aliphatic carboxylic acids is 1. The third kappa shape index (κ3) is 4.97. The Balaban J connectivity index is 1.85. The highest BCUT2D eigenvalue weighted by atomic mass is 32.1. The van der Waals surface area contributed by atoms with E-state index in [-0.39, 0.29) is 25.3 Å². The van der Waals surface area contributed by atoms with E-state index in [1.54, 1.807) is 36.6 Å². The molecule has 2 heterocycles. The number of aryl methyl sites for hydroxylation is 1. The molecular weight excluding hydrogens is 392 g/mol. The fourth-order valence-corrected chi connectivity index (χ4v) is 3.79. The van der Waals surface area contributed by atoms with Gasteiger partial charge in [-0.25, -0.2) is 0 Å². The summed E-state index contributed by atoms with van der Waals surface area (Å²) < 4.78 is 12.3. The molecule has 0 aliphatic heterocycles. The van der Waals surface area contributed by atoms with Gasteiger partial charge in [0, 0.05) is 17.7 Å². The zero-order chi connectivity index (χ0) is 20.8. The number of carboxylic acids is 1. The molecule has 152 valence electrons. The van der Waals surface area contributed by atoms with Crippen molar-refractivity contribution in [1.82, 2.24) is 4.57 Å². The number of carbonyl (C=O) groups is 2. The van der Waals surface area contributed by atoms with E-state index in [0.29, 0.717) is 17.2 Å². The summed E-state index contributed by atoms with van der Waals surface area (Å²) >= 11 is 1.55. The van der Waals surface area contributed by atoms with Crippen LogP contribution in [0.15, 0.2) is 47.8 Å². The predicted molar refractivity (Wildman–Crippen MR) is 109 cm³/mol. The highest BCUT2D eigenvalue weighted by Crippen LogP contribution is 2.30. The molecule has 0 unspecified atom stereocenters. The van der Waals surface area contributed by atoms with Crippen LogP contribution in [0.2, 0.25) is 0 Å². The van der Waals surface area contributed by atoms with Crippen molar-refractivity contribution in [2.45, 2.75) is 19.4 Å². The largest absolute Gasteiger partial charge is 0.550 e. The number of nitrogens with one attached hydrogen (secondary N) is 1. The fraction of sp³-hybridized carbons (Fsp3) is 0.238. The second kappa shape index (κ2) is 9.29. The van der Waals surface area contributed by atoms with Gasteiger partial charge in [-0.2, -0.15) is 0 Å². The van der Waals surface area contributed by atoms with E-state index in [1.807, 2.05) is 34.2 Å². The van der Waals surface area contributed by atoms with Crippen LogP contribution in [-0.4, -0.2) is 30.7 Å². The lowest BCUT2D eigenvalue weighted by molar-refractivity contribution is -0.305. The molecule has 0 bridgehead atoms. The van der Waals surface area contributed by atoms with Crippen molar-refractivity contribution in [3.8, 4) is 22.1 Å². The van der Waals surface area contributed by atoms with Gasteiger partial charge in [0.05, 0.1) is 30.5 Å². The molecule has 0 fully saturated rings. The third-order valence-electron chi connectivity index (χ3n) is 4.41. The van der Waals surface area contributed by atoms with E-state index in [1.165, 1.54) is 7.11 Å². The van der Waals surface area contributed by atoms with Gasteiger partial charge in [-0.3, -0.25) is 4.79 Å². The Morgan fingerprint density at radius 2 is 1.97 bits per heavy atom. The minimum absolute atomic E-state index is 0.0307. The van der Waals surface area contributed by atoms with Crippen LogP contribution in [0.25, 0.3) is 10.6 Å². The summed E-state index contributed by atoms with van der Waals surface area (Å²) in [6, 6.07) is 12.8. The molecule has 0 spiro atoms. The minimum atomic E-state index is -1.12. The second-order valence-corrected chi connectivity index (χ2v) is 7.21. The second-order valence-electron chi connectivity index (χ2n) is 6.26. The fourth-order valence-electron chi connectivity index (χ4n) is 3.03. The van der Waals surface area contributed by atoms with Crippen LogP contribution < -0.4 is 19.9 Å². The molecule has 3 rings (SSSR count). The van der Waals surface area contributed by atoms with Crippen molar-refractivity contribution in [3.63, 3.8) is 0 Å². The van der Waals surface area contributed by atoms with E-state index in [0.717, 1.165) is 16.3 Å². The van der Waals surface area contributed by atoms with Crippen LogP contribution in [0.4, 0.5) is 5.69 Å². The van der Waals surface area contributed by atoms with Crippen LogP contribution in [0, 0.1) is 0 Å². The summed E-state index contributed by atoms with van der Waals surface area (Å²) in [4.78, 5) is 24.7. The number of nitrogens with zero attached hydrogens (tertiary/aromatic N) is 1. The molecule has 1 amide bonds. The maximum Gasteiger partial charge on any atom is 0.244 e. The first-order valence-corrected chi connectivity index (χ1v) is 9.83. The highest BCUT2D eigenvalue weighted by molar-refractivity contribution is 7.13. The lowest BCUT2D eigenvalue weighted by Gasteiger charge is -2.15. The summed E-state index contributed by atoms with van der Waals surface area (Å²) in [5, 5.41) is 15.7. The normalized spacial score (nSPS) is 10.6. The number of hydrogen-bond donors (Lipinski definition) is 1. The van der Waals surface area contributed by atoms with Crippen molar-refractivity contribution in [2.24, 2.45) is 0 Å². The molecule has 0 aliphatic carbocycles. The summed E-state index contributed by atoms with van der Waals surface area (Å²) in [7, 11) is 3.07. The number of anilines is 1. The van der Waals surface area contributed by atoms with Crippen molar-refractivity contribution in [1.29, 1.82) is 0 Å². The first-order valence-electron chi connectivity index (χ1n) is 8.96. The van der Waals surface area contributed by atoms with Gasteiger partial charge in [0.2, 0.25) is 5.91 Å². The number of rotatable bonds is 9. The molecule has 3 aromatic rings. The topological polar surface area (TPSA) is 92.6 Å². The van der Waals surface area contributed by atoms with Gasteiger partial charge in [-0.15, -0.1) is 11.3 Å². The summed E-state index contributed by atoms with van der Waals surface area (Å²) in [5.41, 5.74) is 2.12. The number of carboxylic acid groups (broad SMARTS) is 1. The SMILES string of the molecule is COc1ccc(OC)c(NC(=O)Cn2c(CCC(=O)[O-])ccc2-c2cccs2)c1. The average molecular weight is 413 g/mol.